The molecule has 2 aromatic rings. The summed E-state index contributed by atoms with van der Waals surface area (Å²) < 4.78 is 29.4. The Morgan fingerprint density at radius 2 is 1.93 bits per heavy atom. The van der Waals surface area contributed by atoms with E-state index in [4.69, 9.17) is 4.74 Å². The standard InChI is InChI=1S/C22H27NO4S/c1-15(2)17-8-7-16(3)21(13-17)27-14-22(24)23-11-5-6-18-12-19(28(4,25)26)9-10-20(18)23/h7-10,12-13,15H,5-6,11,14H2,1-4H3. The number of rotatable bonds is 5. The molecule has 0 aromatic heterocycles. The van der Waals surface area contributed by atoms with Crippen molar-refractivity contribution >= 4 is 21.4 Å². The molecule has 1 amide bonds. The number of carbonyl (C=O) groups is 1. The minimum absolute atomic E-state index is 0.0460. The Hall–Kier alpha value is -2.34. The summed E-state index contributed by atoms with van der Waals surface area (Å²) in [5.41, 5.74) is 3.83. The first kappa shape index (κ1) is 20.4. The molecule has 0 fully saturated rings. The molecule has 1 aliphatic heterocycles. The molecule has 0 saturated carbocycles. The lowest BCUT2D eigenvalue weighted by molar-refractivity contribution is -0.120. The van der Waals surface area contributed by atoms with E-state index in [1.165, 1.54) is 11.8 Å². The molecule has 2 aromatic carbocycles. The monoisotopic (exact) mass is 401 g/mol. The first-order valence-corrected chi connectivity index (χ1v) is 11.4. The average molecular weight is 402 g/mol. The lowest BCUT2D eigenvalue weighted by atomic mass is 10.0. The largest absolute Gasteiger partial charge is 0.483 e. The molecule has 0 N–H and O–H groups in total. The van der Waals surface area contributed by atoms with Gasteiger partial charge in [0.2, 0.25) is 0 Å². The Morgan fingerprint density at radius 3 is 2.61 bits per heavy atom. The molecule has 1 aliphatic rings. The van der Waals surface area contributed by atoms with Crippen LogP contribution in [0, 0.1) is 6.92 Å². The summed E-state index contributed by atoms with van der Waals surface area (Å²) >= 11 is 0. The average Bonchev–Trinajstić information content (AvgIpc) is 2.65. The summed E-state index contributed by atoms with van der Waals surface area (Å²) in [5.74, 6) is 0.989. The van der Waals surface area contributed by atoms with Crippen LogP contribution in [0.2, 0.25) is 0 Å². The van der Waals surface area contributed by atoms with Gasteiger partial charge in [-0.25, -0.2) is 8.42 Å². The van der Waals surface area contributed by atoms with Gasteiger partial charge in [-0.05, 0) is 66.6 Å². The Morgan fingerprint density at radius 1 is 1.18 bits per heavy atom. The van der Waals surface area contributed by atoms with Gasteiger partial charge in [-0.3, -0.25) is 4.79 Å². The van der Waals surface area contributed by atoms with E-state index >= 15 is 0 Å². The van der Waals surface area contributed by atoms with Crippen molar-refractivity contribution in [2.45, 2.75) is 44.4 Å². The van der Waals surface area contributed by atoms with E-state index in [1.807, 2.05) is 19.1 Å². The zero-order valence-electron chi connectivity index (χ0n) is 16.9. The van der Waals surface area contributed by atoms with E-state index in [-0.39, 0.29) is 17.4 Å². The van der Waals surface area contributed by atoms with Crippen molar-refractivity contribution in [3.8, 4) is 5.75 Å². The summed E-state index contributed by atoms with van der Waals surface area (Å²) in [5, 5.41) is 0. The number of ether oxygens (including phenoxy) is 1. The summed E-state index contributed by atoms with van der Waals surface area (Å²) in [6.07, 6.45) is 2.76. The molecule has 0 atom stereocenters. The third kappa shape index (κ3) is 4.38. The van der Waals surface area contributed by atoms with Crippen molar-refractivity contribution in [3.05, 3.63) is 53.1 Å². The number of anilines is 1. The van der Waals surface area contributed by atoms with Crippen molar-refractivity contribution in [1.29, 1.82) is 0 Å². The second kappa shape index (κ2) is 7.95. The highest BCUT2D eigenvalue weighted by Crippen LogP contribution is 2.30. The van der Waals surface area contributed by atoms with Crippen molar-refractivity contribution < 1.29 is 17.9 Å². The van der Waals surface area contributed by atoms with E-state index in [0.717, 1.165) is 35.4 Å². The molecule has 0 unspecified atom stereocenters. The van der Waals surface area contributed by atoms with Gasteiger partial charge in [-0.15, -0.1) is 0 Å². The Balaban J connectivity index is 1.77. The number of carbonyl (C=O) groups excluding carboxylic acids is 1. The summed E-state index contributed by atoms with van der Waals surface area (Å²) in [4.78, 5) is 14.8. The van der Waals surface area contributed by atoms with Gasteiger partial charge in [0.15, 0.2) is 16.4 Å². The van der Waals surface area contributed by atoms with Crippen molar-refractivity contribution in [1.82, 2.24) is 0 Å². The first-order valence-electron chi connectivity index (χ1n) is 9.53. The van der Waals surface area contributed by atoms with Crippen LogP contribution in [0.1, 0.15) is 42.9 Å². The fraction of sp³-hybridized carbons (Fsp3) is 0.409. The predicted octanol–water partition coefficient (Wildman–Crippen LogP) is 3.88. The lowest BCUT2D eigenvalue weighted by Crippen LogP contribution is -2.38. The van der Waals surface area contributed by atoms with Gasteiger partial charge in [-0.2, -0.15) is 0 Å². The van der Waals surface area contributed by atoms with Crippen molar-refractivity contribution in [3.63, 3.8) is 0 Å². The highest BCUT2D eigenvalue weighted by Gasteiger charge is 2.24. The zero-order valence-corrected chi connectivity index (χ0v) is 17.7. The topological polar surface area (TPSA) is 63.7 Å². The number of amides is 1. The van der Waals surface area contributed by atoms with Gasteiger partial charge >= 0.3 is 0 Å². The van der Waals surface area contributed by atoms with Gasteiger partial charge < -0.3 is 9.64 Å². The van der Waals surface area contributed by atoms with Gasteiger partial charge in [0.25, 0.3) is 5.91 Å². The van der Waals surface area contributed by atoms with Crippen LogP contribution in [0.5, 0.6) is 5.75 Å². The smallest absolute Gasteiger partial charge is 0.264 e. The zero-order chi connectivity index (χ0) is 20.5. The molecule has 0 aliphatic carbocycles. The second-order valence-electron chi connectivity index (χ2n) is 7.68. The van der Waals surface area contributed by atoms with Crippen LogP contribution in [0.15, 0.2) is 41.3 Å². The number of nitrogens with zero attached hydrogens (tertiary/aromatic N) is 1. The minimum atomic E-state index is -3.26. The maximum absolute atomic E-state index is 12.8. The van der Waals surface area contributed by atoms with E-state index in [0.29, 0.717) is 12.5 Å². The summed E-state index contributed by atoms with van der Waals surface area (Å²) in [6.45, 7) is 6.77. The van der Waals surface area contributed by atoms with Crippen molar-refractivity contribution in [2.75, 3.05) is 24.3 Å². The number of hydrogen-bond acceptors (Lipinski definition) is 4. The van der Waals surface area contributed by atoms with Crippen LogP contribution >= 0.6 is 0 Å². The van der Waals surface area contributed by atoms with Gasteiger partial charge in [0.05, 0.1) is 4.90 Å². The van der Waals surface area contributed by atoms with E-state index in [1.54, 1.807) is 23.1 Å². The number of benzene rings is 2. The fourth-order valence-electron chi connectivity index (χ4n) is 3.41. The quantitative estimate of drug-likeness (QED) is 0.763. The van der Waals surface area contributed by atoms with E-state index in [9.17, 15) is 13.2 Å². The predicted molar refractivity (Wildman–Crippen MR) is 111 cm³/mol. The second-order valence-corrected chi connectivity index (χ2v) is 9.70. The lowest BCUT2D eigenvalue weighted by Gasteiger charge is -2.30. The van der Waals surface area contributed by atoms with Gasteiger partial charge in [0.1, 0.15) is 5.75 Å². The molecule has 0 saturated heterocycles. The molecular weight excluding hydrogens is 374 g/mol. The fourth-order valence-corrected chi connectivity index (χ4v) is 4.08. The minimum Gasteiger partial charge on any atom is -0.483 e. The van der Waals surface area contributed by atoms with Crippen LogP contribution in [-0.4, -0.2) is 33.7 Å². The number of hydrogen-bond donors (Lipinski definition) is 0. The Bertz CT molecular complexity index is 996. The van der Waals surface area contributed by atoms with Gasteiger partial charge in [-0.1, -0.05) is 26.0 Å². The SMILES string of the molecule is Cc1ccc(C(C)C)cc1OCC(=O)N1CCCc2cc(S(C)(=O)=O)ccc21. The summed E-state index contributed by atoms with van der Waals surface area (Å²) in [6, 6.07) is 11.1. The summed E-state index contributed by atoms with van der Waals surface area (Å²) in [7, 11) is -3.26. The van der Waals surface area contributed by atoms with Crippen molar-refractivity contribution in [2.24, 2.45) is 0 Å². The van der Waals surface area contributed by atoms with E-state index in [2.05, 4.69) is 19.9 Å². The Labute approximate surface area is 167 Å². The first-order chi connectivity index (χ1) is 13.2. The van der Waals surface area contributed by atoms with Crippen LogP contribution in [0.4, 0.5) is 5.69 Å². The highest BCUT2D eigenvalue weighted by atomic mass is 32.2. The molecule has 3 rings (SSSR count). The van der Waals surface area contributed by atoms with Crippen LogP contribution in [-0.2, 0) is 21.1 Å². The molecule has 0 bridgehead atoms. The maximum atomic E-state index is 12.8. The molecule has 150 valence electrons. The normalized spacial score (nSPS) is 14.1. The molecule has 28 heavy (non-hydrogen) atoms. The van der Waals surface area contributed by atoms with E-state index < -0.39 is 9.84 Å². The van der Waals surface area contributed by atoms with Gasteiger partial charge in [0, 0.05) is 18.5 Å². The molecular formula is C22H27NO4S. The van der Waals surface area contributed by atoms with Crippen LogP contribution < -0.4 is 9.64 Å². The van der Waals surface area contributed by atoms with Crippen LogP contribution in [0.25, 0.3) is 0 Å². The molecule has 6 heteroatoms. The Kier molecular flexibility index (Phi) is 5.79. The molecule has 5 nitrogen and oxygen atoms in total. The molecule has 0 radical (unpaired) electrons. The molecule has 0 spiro atoms. The number of aryl methyl sites for hydroxylation is 2. The third-order valence-corrected chi connectivity index (χ3v) is 6.24. The third-order valence-electron chi connectivity index (χ3n) is 5.13. The highest BCUT2D eigenvalue weighted by molar-refractivity contribution is 7.90. The maximum Gasteiger partial charge on any atom is 0.264 e. The van der Waals surface area contributed by atoms with Crippen LogP contribution in [0.3, 0.4) is 0 Å². The number of fused-ring (bicyclic) bond motifs is 1. The number of sulfone groups is 1. The molecule has 1 heterocycles.